The van der Waals surface area contributed by atoms with Gasteiger partial charge in [-0.05, 0) is 39.3 Å². The van der Waals surface area contributed by atoms with Crippen LogP contribution in [0.25, 0.3) is 0 Å². The van der Waals surface area contributed by atoms with E-state index < -0.39 is 0 Å². The number of nitrogens with one attached hydrogen (secondary N) is 1. The van der Waals surface area contributed by atoms with Crippen molar-refractivity contribution in [3.05, 3.63) is 41.5 Å². The normalized spacial score (nSPS) is 12.0. The van der Waals surface area contributed by atoms with Crippen molar-refractivity contribution in [3.63, 3.8) is 0 Å². The summed E-state index contributed by atoms with van der Waals surface area (Å²) in [5.41, 5.74) is 2.38. The Balaban J connectivity index is 1.94. The molecule has 18 heavy (non-hydrogen) atoms. The Labute approximate surface area is 108 Å². The third-order valence-electron chi connectivity index (χ3n) is 2.66. The van der Waals surface area contributed by atoms with Gasteiger partial charge in [-0.15, -0.1) is 0 Å². The lowest BCUT2D eigenvalue weighted by Gasteiger charge is -2.19. The van der Waals surface area contributed by atoms with E-state index in [0.29, 0.717) is 0 Å². The van der Waals surface area contributed by atoms with Gasteiger partial charge in [0.2, 0.25) is 0 Å². The first-order chi connectivity index (χ1) is 8.42. The molecule has 0 spiro atoms. The highest BCUT2D eigenvalue weighted by Gasteiger charge is 2.09. The quantitative estimate of drug-likeness (QED) is 0.903. The fraction of sp³-hybridized carbons (Fsp3) is 0.500. The van der Waals surface area contributed by atoms with E-state index in [9.17, 15) is 0 Å². The van der Waals surface area contributed by atoms with Crippen molar-refractivity contribution in [2.75, 3.05) is 0 Å². The number of hydrogen-bond acceptors (Lipinski definition) is 3. The summed E-state index contributed by atoms with van der Waals surface area (Å²) in [6, 6.07) is 4.10. The molecule has 0 radical (unpaired) electrons. The van der Waals surface area contributed by atoms with Gasteiger partial charge in [-0.3, -0.25) is 0 Å². The highest BCUT2D eigenvalue weighted by Crippen LogP contribution is 2.08. The van der Waals surface area contributed by atoms with Gasteiger partial charge in [0.15, 0.2) is 0 Å². The topological polar surface area (TPSA) is 43.0 Å². The fourth-order valence-electron chi connectivity index (χ4n) is 1.74. The monoisotopic (exact) mass is 247 g/mol. The van der Waals surface area contributed by atoms with Gasteiger partial charge in [0.1, 0.15) is 11.5 Å². The molecule has 0 aliphatic carbocycles. The van der Waals surface area contributed by atoms with Crippen LogP contribution in [0.2, 0.25) is 0 Å². The van der Waals surface area contributed by atoms with Crippen LogP contribution >= 0.6 is 0 Å². The fourth-order valence-corrected chi connectivity index (χ4v) is 1.74. The smallest absolute Gasteiger partial charge is 0.133 e. The van der Waals surface area contributed by atoms with E-state index in [1.807, 2.05) is 13.0 Å². The molecule has 2 aromatic rings. The second-order valence-electron chi connectivity index (χ2n) is 5.72. The molecule has 0 aromatic carbocycles. The van der Waals surface area contributed by atoms with Gasteiger partial charge in [0, 0.05) is 30.5 Å². The SMILES string of the molecule is Cc1cc(Cn2ccc(CNC(C)(C)C)c2)no1. The van der Waals surface area contributed by atoms with Crippen molar-refractivity contribution in [1.29, 1.82) is 0 Å². The first-order valence-corrected chi connectivity index (χ1v) is 6.24. The maximum absolute atomic E-state index is 5.06. The Morgan fingerprint density at radius 3 is 2.78 bits per heavy atom. The minimum Gasteiger partial charge on any atom is -0.361 e. The molecule has 0 aliphatic rings. The van der Waals surface area contributed by atoms with Crippen molar-refractivity contribution < 1.29 is 4.52 Å². The molecule has 4 nitrogen and oxygen atoms in total. The number of hydrogen-bond donors (Lipinski definition) is 1. The molecule has 0 aliphatic heterocycles. The molecular formula is C14H21N3O. The molecule has 0 bridgehead atoms. The average Bonchev–Trinajstić information content (AvgIpc) is 2.85. The number of aryl methyl sites for hydroxylation is 1. The second-order valence-corrected chi connectivity index (χ2v) is 5.72. The summed E-state index contributed by atoms with van der Waals surface area (Å²) >= 11 is 0. The van der Waals surface area contributed by atoms with Gasteiger partial charge in [-0.1, -0.05) is 5.16 Å². The molecule has 0 amide bonds. The van der Waals surface area contributed by atoms with Crippen molar-refractivity contribution in [2.24, 2.45) is 0 Å². The number of rotatable bonds is 4. The molecule has 0 unspecified atom stereocenters. The predicted octanol–water partition coefficient (Wildman–Crippen LogP) is 2.72. The van der Waals surface area contributed by atoms with Crippen LogP contribution in [0.15, 0.2) is 29.0 Å². The lowest BCUT2D eigenvalue weighted by atomic mass is 10.1. The molecule has 0 saturated carbocycles. The molecule has 2 aromatic heterocycles. The van der Waals surface area contributed by atoms with Gasteiger partial charge in [0.25, 0.3) is 0 Å². The molecule has 4 heteroatoms. The van der Waals surface area contributed by atoms with Gasteiger partial charge in [0.05, 0.1) is 6.54 Å². The van der Waals surface area contributed by atoms with E-state index in [-0.39, 0.29) is 5.54 Å². The molecule has 0 saturated heterocycles. The first kappa shape index (κ1) is 12.9. The Hall–Kier alpha value is -1.55. The molecule has 2 heterocycles. The Morgan fingerprint density at radius 1 is 1.39 bits per heavy atom. The summed E-state index contributed by atoms with van der Waals surface area (Å²) in [6.45, 7) is 10.1. The van der Waals surface area contributed by atoms with Crippen molar-refractivity contribution in [3.8, 4) is 0 Å². The Kier molecular flexibility index (Phi) is 3.57. The first-order valence-electron chi connectivity index (χ1n) is 6.24. The van der Waals surface area contributed by atoms with Crippen LogP contribution in [-0.4, -0.2) is 15.3 Å². The van der Waals surface area contributed by atoms with E-state index in [0.717, 1.165) is 24.5 Å². The van der Waals surface area contributed by atoms with Crippen molar-refractivity contribution in [2.45, 2.75) is 46.3 Å². The molecular weight excluding hydrogens is 226 g/mol. The molecule has 98 valence electrons. The van der Waals surface area contributed by atoms with Crippen molar-refractivity contribution >= 4 is 0 Å². The maximum Gasteiger partial charge on any atom is 0.133 e. The van der Waals surface area contributed by atoms with Crippen LogP contribution in [0.4, 0.5) is 0 Å². The van der Waals surface area contributed by atoms with E-state index in [1.54, 1.807) is 0 Å². The zero-order valence-electron chi connectivity index (χ0n) is 11.5. The van der Waals surface area contributed by atoms with Gasteiger partial charge >= 0.3 is 0 Å². The van der Waals surface area contributed by atoms with E-state index in [2.05, 4.69) is 54.3 Å². The summed E-state index contributed by atoms with van der Waals surface area (Å²) in [4.78, 5) is 0. The minimum atomic E-state index is 0.144. The molecule has 0 atom stereocenters. The summed E-state index contributed by atoms with van der Waals surface area (Å²) in [6.07, 6.45) is 4.21. The van der Waals surface area contributed by atoms with Gasteiger partial charge in [-0.25, -0.2) is 0 Å². The maximum atomic E-state index is 5.06. The van der Waals surface area contributed by atoms with Gasteiger partial charge < -0.3 is 14.4 Å². The lowest BCUT2D eigenvalue weighted by Crippen LogP contribution is -2.34. The minimum absolute atomic E-state index is 0.144. The van der Waals surface area contributed by atoms with Crippen molar-refractivity contribution in [1.82, 2.24) is 15.0 Å². The highest BCUT2D eigenvalue weighted by molar-refractivity contribution is 5.13. The summed E-state index contributed by atoms with van der Waals surface area (Å²) in [5.74, 6) is 0.853. The molecule has 1 N–H and O–H groups in total. The standard InChI is InChI=1S/C14H21N3O/c1-11-7-13(16-18-11)10-17-6-5-12(9-17)8-15-14(2,3)4/h5-7,9,15H,8,10H2,1-4H3. The van der Waals surface area contributed by atoms with E-state index in [4.69, 9.17) is 4.52 Å². The zero-order chi connectivity index (χ0) is 13.2. The molecule has 2 rings (SSSR count). The summed E-state index contributed by atoms with van der Waals surface area (Å²) in [5, 5.41) is 7.47. The van der Waals surface area contributed by atoms with Crippen LogP contribution in [0.3, 0.4) is 0 Å². The van der Waals surface area contributed by atoms with Crippen LogP contribution in [0.5, 0.6) is 0 Å². The third kappa shape index (κ3) is 3.74. The Morgan fingerprint density at radius 2 is 2.17 bits per heavy atom. The van der Waals surface area contributed by atoms with Crippen LogP contribution in [-0.2, 0) is 13.1 Å². The largest absolute Gasteiger partial charge is 0.361 e. The van der Waals surface area contributed by atoms with Crippen LogP contribution < -0.4 is 5.32 Å². The summed E-state index contributed by atoms with van der Waals surface area (Å²) < 4.78 is 7.18. The third-order valence-corrected chi connectivity index (χ3v) is 2.66. The van der Waals surface area contributed by atoms with E-state index >= 15 is 0 Å². The van der Waals surface area contributed by atoms with Crippen LogP contribution in [0.1, 0.15) is 37.8 Å². The van der Waals surface area contributed by atoms with E-state index in [1.165, 1.54) is 5.56 Å². The lowest BCUT2D eigenvalue weighted by molar-refractivity contribution is 0.389. The van der Waals surface area contributed by atoms with Gasteiger partial charge in [-0.2, -0.15) is 0 Å². The average molecular weight is 247 g/mol. The predicted molar refractivity (Wildman–Crippen MR) is 71.4 cm³/mol. The number of nitrogens with zero attached hydrogens (tertiary/aromatic N) is 2. The van der Waals surface area contributed by atoms with Crippen LogP contribution in [0, 0.1) is 6.92 Å². The zero-order valence-corrected chi connectivity index (χ0v) is 11.5. The number of aromatic nitrogens is 2. The molecule has 0 fully saturated rings. The second kappa shape index (κ2) is 4.98. The highest BCUT2D eigenvalue weighted by atomic mass is 16.5. The Bertz CT molecular complexity index is 505. The summed E-state index contributed by atoms with van der Waals surface area (Å²) in [7, 11) is 0.